The smallest absolute Gasteiger partial charge is 0.133 e. The summed E-state index contributed by atoms with van der Waals surface area (Å²) in [6, 6.07) is 2.43. The number of methoxy groups -OCH3 is 1. The zero-order chi connectivity index (χ0) is 10.7. The number of aryl methyl sites for hydroxylation is 1. The van der Waals surface area contributed by atoms with E-state index in [0.717, 1.165) is 30.5 Å². The minimum absolute atomic E-state index is 0.465. The average Bonchev–Trinajstić information content (AvgIpc) is 2.97. The number of rotatable bonds is 6. The van der Waals surface area contributed by atoms with Crippen LogP contribution in [-0.4, -0.2) is 24.9 Å². The Bertz CT molecular complexity index is 307. The van der Waals surface area contributed by atoms with E-state index < -0.39 is 0 Å². The van der Waals surface area contributed by atoms with E-state index in [4.69, 9.17) is 9.26 Å². The van der Waals surface area contributed by atoms with Gasteiger partial charge in [-0.3, -0.25) is 0 Å². The van der Waals surface area contributed by atoms with Crippen LogP contribution in [0.2, 0.25) is 0 Å². The minimum Gasteiger partial charge on any atom is -0.383 e. The highest BCUT2D eigenvalue weighted by Crippen LogP contribution is 2.32. The molecule has 0 bridgehead atoms. The molecule has 1 N–H and O–H groups in total. The molecule has 0 spiro atoms. The maximum Gasteiger partial charge on any atom is 0.133 e. The van der Waals surface area contributed by atoms with Crippen LogP contribution in [0.3, 0.4) is 0 Å². The number of nitrogens with zero attached hydrogens (tertiary/aromatic N) is 1. The second kappa shape index (κ2) is 4.77. The largest absolute Gasteiger partial charge is 0.383 e. The first kappa shape index (κ1) is 10.6. The molecule has 1 heterocycles. The molecule has 1 fully saturated rings. The van der Waals surface area contributed by atoms with Gasteiger partial charge in [0.2, 0.25) is 0 Å². The molecule has 4 heteroatoms. The zero-order valence-electron chi connectivity index (χ0n) is 9.32. The molecule has 0 aromatic carbocycles. The van der Waals surface area contributed by atoms with Crippen molar-refractivity contribution in [1.29, 1.82) is 0 Å². The molecule has 0 aliphatic heterocycles. The first-order valence-electron chi connectivity index (χ1n) is 5.44. The van der Waals surface area contributed by atoms with E-state index in [0.29, 0.717) is 6.04 Å². The van der Waals surface area contributed by atoms with Gasteiger partial charge in [0.05, 0.1) is 12.3 Å². The monoisotopic (exact) mass is 210 g/mol. The van der Waals surface area contributed by atoms with Crippen molar-refractivity contribution >= 4 is 0 Å². The molecule has 2 rings (SSSR count). The van der Waals surface area contributed by atoms with Gasteiger partial charge in [-0.15, -0.1) is 0 Å². The van der Waals surface area contributed by atoms with Crippen molar-refractivity contribution in [1.82, 2.24) is 10.5 Å². The summed E-state index contributed by atoms with van der Waals surface area (Å²) in [4.78, 5) is 0. The van der Waals surface area contributed by atoms with Crippen LogP contribution in [0.25, 0.3) is 0 Å². The third-order valence-corrected chi connectivity index (χ3v) is 2.76. The molecule has 84 valence electrons. The molecule has 15 heavy (non-hydrogen) atoms. The number of hydrogen-bond donors (Lipinski definition) is 1. The van der Waals surface area contributed by atoms with E-state index in [1.165, 1.54) is 12.8 Å². The number of aromatic nitrogens is 1. The summed E-state index contributed by atoms with van der Waals surface area (Å²) in [5.41, 5.74) is 0.967. The molecule has 1 atom stereocenters. The van der Waals surface area contributed by atoms with Gasteiger partial charge in [-0.1, -0.05) is 5.16 Å². The first-order valence-corrected chi connectivity index (χ1v) is 5.44. The topological polar surface area (TPSA) is 47.3 Å². The lowest BCUT2D eigenvalue weighted by Crippen LogP contribution is -2.34. The van der Waals surface area contributed by atoms with E-state index in [-0.39, 0.29) is 0 Å². The van der Waals surface area contributed by atoms with Crippen molar-refractivity contribution in [2.24, 2.45) is 5.92 Å². The van der Waals surface area contributed by atoms with Gasteiger partial charge in [-0.2, -0.15) is 0 Å². The zero-order valence-corrected chi connectivity index (χ0v) is 9.32. The third kappa shape index (κ3) is 3.04. The summed E-state index contributed by atoms with van der Waals surface area (Å²) in [5.74, 6) is 1.65. The molecule has 1 unspecified atom stereocenters. The Hall–Kier alpha value is -0.870. The van der Waals surface area contributed by atoms with E-state index in [9.17, 15) is 0 Å². The third-order valence-electron chi connectivity index (χ3n) is 2.76. The summed E-state index contributed by atoms with van der Waals surface area (Å²) in [7, 11) is 1.75. The van der Waals surface area contributed by atoms with Crippen molar-refractivity contribution in [3.63, 3.8) is 0 Å². The molecule has 1 aliphatic carbocycles. The molecular formula is C11H18N2O2. The molecule has 1 aromatic rings. The number of ether oxygens (including phenoxy) is 1. The fraction of sp³-hybridized carbons (Fsp3) is 0.727. The van der Waals surface area contributed by atoms with Gasteiger partial charge < -0.3 is 14.6 Å². The van der Waals surface area contributed by atoms with Gasteiger partial charge in [0.25, 0.3) is 0 Å². The SMILES string of the molecule is COCC(NCc1cc(C)on1)C1CC1. The minimum atomic E-state index is 0.465. The lowest BCUT2D eigenvalue weighted by Gasteiger charge is -2.15. The van der Waals surface area contributed by atoms with E-state index >= 15 is 0 Å². The highest BCUT2D eigenvalue weighted by Gasteiger charge is 2.30. The molecular weight excluding hydrogens is 192 g/mol. The lowest BCUT2D eigenvalue weighted by molar-refractivity contribution is 0.156. The quantitative estimate of drug-likeness (QED) is 0.773. The maximum absolute atomic E-state index is 5.19. The number of nitrogens with one attached hydrogen (secondary N) is 1. The van der Waals surface area contributed by atoms with Crippen molar-refractivity contribution < 1.29 is 9.26 Å². The van der Waals surface area contributed by atoms with Gasteiger partial charge >= 0.3 is 0 Å². The summed E-state index contributed by atoms with van der Waals surface area (Å²) >= 11 is 0. The fourth-order valence-corrected chi connectivity index (χ4v) is 1.78. The summed E-state index contributed by atoms with van der Waals surface area (Å²) in [6.45, 7) is 3.45. The standard InChI is InChI=1S/C11H18N2O2/c1-8-5-10(13-15-8)6-12-11(7-14-2)9-3-4-9/h5,9,11-12H,3-4,6-7H2,1-2H3. The first-order chi connectivity index (χ1) is 7.29. The van der Waals surface area contributed by atoms with Gasteiger partial charge in [0.15, 0.2) is 0 Å². The van der Waals surface area contributed by atoms with Gasteiger partial charge in [0, 0.05) is 25.8 Å². The Kier molecular flexibility index (Phi) is 3.38. The molecule has 0 radical (unpaired) electrons. The lowest BCUT2D eigenvalue weighted by atomic mass is 10.2. The Morgan fingerprint density at radius 2 is 2.47 bits per heavy atom. The van der Waals surface area contributed by atoms with Gasteiger partial charge in [-0.25, -0.2) is 0 Å². The second-order valence-electron chi connectivity index (χ2n) is 4.21. The maximum atomic E-state index is 5.19. The predicted molar refractivity (Wildman–Crippen MR) is 56.5 cm³/mol. The van der Waals surface area contributed by atoms with E-state index in [1.807, 2.05) is 13.0 Å². The van der Waals surface area contributed by atoms with Crippen LogP contribution in [0, 0.1) is 12.8 Å². The summed E-state index contributed by atoms with van der Waals surface area (Å²) < 4.78 is 10.2. The van der Waals surface area contributed by atoms with Crippen LogP contribution in [0.1, 0.15) is 24.3 Å². The highest BCUT2D eigenvalue weighted by molar-refractivity contribution is 5.03. The molecule has 1 saturated carbocycles. The predicted octanol–water partition coefficient (Wildman–Crippen LogP) is 1.50. The molecule has 4 nitrogen and oxygen atoms in total. The van der Waals surface area contributed by atoms with Crippen LogP contribution in [0.4, 0.5) is 0 Å². The Balaban J connectivity index is 1.79. The van der Waals surface area contributed by atoms with Gasteiger partial charge in [-0.05, 0) is 25.7 Å². The van der Waals surface area contributed by atoms with Crippen LogP contribution in [0.15, 0.2) is 10.6 Å². The Labute approximate surface area is 90.0 Å². The van der Waals surface area contributed by atoms with Gasteiger partial charge in [0.1, 0.15) is 5.76 Å². The highest BCUT2D eigenvalue weighted by atomic mass is 16.5. The molecule has 1 aliphatic rings. The van der Waals surface area contributed by atoms with Crippen molar-refractivity contribution in [3.05, 3.63) is 17.5 Å². The Morgan fingerprint density at radius 3 is 3.00 bits per heavy atom. The fourth-order valence-electron chi connectivity index (χ4n) is 1.78. The van der Waals surface area contributed by atoms with Crippen molar-refractivity contribution in [3.8, 4) is 0 Å². The molecule has 1 aromatic heterocycles. The average molecular weight is 210 g/mol. The van der Waals surface area contributed by atoms with Crippen LogP contribution >= 0.6 is 0 Å². The van der Waals surface area contributed by atoms with Crippen LogP contribution in [-0.2, 0) is 11.3 Å². The second-order valence-corrected chi connectivity index (χ2v) is 4.21. The van der Waals surface area contributed by atoms with Crippen molar-refractivity contribution in [2.75, 3.05) is 13.7 Å². The number of hydrogen-bond acceptors (Lipinski definition) is 4. The van der Waals surface area contributed by atoms with Crippen LogP contribution in [0.5, 0.6) is 0 Å². The summed E-state index contributed by atoms with van der Waals surface area (Å²) in [6.07, 6.45) is 2.64. The van der Waals surface area contributed by atoms with Crippen LogP contribution < -0.4 is 5.32 Å². The molecule has 0 saturated heterocycles. The Morgan fingerprint density at radius 1 is 1.67 bits per heavy atom. The van der Waals surface area contributed by atoms with Crippen molar-refractivity contribution in [2.45, 2.75) is 32.4 Å². The summed E-state index contributed by atoms with van der Waals surface area (Å²) in [5, 5.41) is 7.41. The molecule has 0 amide bonds. The normalized spacial score (nSPS) is 18.0. The van der Waals surface area contributed by atoms with E-state index in [1.54, 1.807) is 7.11 Å². The van der Waals surface area contributed by atoms with E-state index in [2.05, 4.69) is 10.5 Å².